The van der Waals surface area contributed by atoms with Crippen molar-refractivity contribution in [2.24, 2.45) is 0 Å². The summed E-state index contributed by atoms with van der Waals surface area (Å²) in [6, 6.07) is 7.75. The van der Waals surface area contributed by atoms with E-state index in [9.17, 15) is 14.4 Å². The van der Waals surface area contributed by atoms with E-state index in [2.05, 4.69) is 5.32 Å². The van der Waals surface area contributed by atoms with Crippen molar-refractivity contribution < 1.29 is 19.1 Å². The number of likely N-dealkylation sites (tertiary alicyclic amines) is 1. The molecule has 0 atom stereocenters. The van der Waals surface area contributed by atoms with Crippen molar-refractivity contribution in [1.29, 1.82) is 0 Å². The van der Waals surface area contributed by atoms with Gasteiger partial charge in [-0.25, -0.2) is 0 Å². The van der Waals surface area contributed by atoms with Crippen molar-refractivity contribution in [2.45, 2.75) is 57.6 Å². The maximum absolute atomic E-state index is 12.0. The largest absolute Gasteiger partial charge is 0.490 e. The van der Waals surface area contributed by atoms with Gasteiger partial charge in [0.2, 0.25) is 17.7 Å². The molecule has 1 aliphatic heterocycles. The van der Waals surface area contributed by atoms with Crippen LogP contribution in [0, 0.1) is 0 Å². The smallest absolute Gasteiger partial charge is 0.229 e. The highest BCUT2D eigenvalue weighted by Gasteiger charge is 2.28. The third kappa shape index (κ3) is 4.81. The Hall–Kier alpha value is -2.37. The monoisotopic (exact) mass is 344 g/mol. The van der Waals surface area contributed by atoms with E-state index < -0.39 is 0 Å². The van der Waals surface area contributed by atoms with Gasteiger partial charge in [-0.3, -0.25) is 19.3 Å². The van der Waals surface area contributed by atoms with Crippen LogP contribution in [0.25, 0.3) is 0 Å². The summed E-state index contributed by atoms with van der Waals surface area (Å²) >= 11 is 0. The lowest BCUT2D eigenvalue weighted by molar-refractivity contribution is -0.138. The van der Waals surface area contributed by atoms with E-state index in [0.29, 0.717) is 12.6 Å². The number of amides is 3. The molecule has 1 aromatic rings. The van der Waals surface area contributed by atoms with E-state index in [-0.39, 0.29) is 43.5 Å². The average molecular weight is 344 g/mol. The van der Waals surface area contributed by atoms with Gasteiger partial charge in [-0.15, -0.1) is 0 Å². The molecule has 3 amide bonds. The number of rotatable bonds is 7. The van der Waals surface area contributed by atoms with Crippen LogP contribution in [0.4, 0.5) is 0 Å². The number of benzene rings is 1. The van der Waals surface area contributed by atoms with Crippen LogP contribution in [-0.2, 0) is 20.9 Å². The number of carbonyl (C=O) groups excluding carboxylic acids is 3. The van der Waals surface area contributed by atoms with Gasteiger partial charge >= 0.3 is 0 Å². The molecule has 0 spiro atoms. The van der Waals surface area contributed by atoms with Crippen molar-refractivity contribution in [2.75, 3.05) is 6.54 Å². The minimum absolute atomic E-state index is 0.135. The van der Waals surface area contributed by atoms with Crippen LogP contribution in [0.1, 0.15) is 50.5 Å². The first-order valence-corrected chi connectivity index (χ1v) is 8.97. The zero-order valence-electron chi connectivity index (χ0n) is 14.3. The quantitative estimate of drug-likeness (QED) is 0.769. The third-order valence-corrected chi connectivity index (χ3v) is 4.71. The topological polar surface area (TPSA) is 75.7 Å². The SMILES string of the molecule is O=C(CCN1C(=O)CCC1=O)NCc1cccc(OC2CCCC2)c1. The van der Waals surface area contributed by atoms with Gasteiger partial charge in [0.15, 0.2) is 0 Å². The molecule has 0 bridgehead atoms. The molecule has 1 aromatic carbocycles. The Morgan fingerprint density at radius 1 is 1.16 bits per heavy atom. The fraction of sp³-hybridized carbons (Fsp3) is 0.526. The van der Waals surface area contributed by atoms with Crippen molar-refractivity contribution in [1.82, 2.24) is 10.2 Å². The van der Waals surface area contributed by atoms with Gasteiger partial charge in [0.1, 0.15) is 5.75 Å². The van der Waals surface area contributed by atoms with Crippen molar-refractivity contribution in [3.63, 3.8) is 0 Å². The normalized spacial score (nSPS) is 18.0. The van der Waals surface area contributed by atoms with Gasteiger partial charge in [-0.1, -0.05) is 12.1 Å². The molecule has 1 saturated heterocycles. The summed E-state index contributed by atoms with van der Waals surface area (Å²) in [6.45, 7) is 0.566. The molecule has 2 fully saturated rings. The summed E-state index contributed by atoms with van der Waals surface area (Å²) in [5, 5.41) is 2.83. The molecule has 6 nitrogen and oxygen atoms in total. The molecule has 6 heteroatoms. The second kappa shape index (κ2) is 8.14. The van der Waals surface area contributed by atoms with E-state index in [4.69, 9.17) is 4.74 Å². The van der Waals surface area contributed by atoms with Gasteiger partial charge in [0.25, 0.3) is 0 Å². The maximum atomic E-state index is 12.0. The summed E-state index contributed by atoms with van der Waals surface area (Å²) in [7, 11) is 0. The number of imide groups is 1. The average Bonchev–Trinajstić information content (AvgIpc) is 3.22. The molecular weight excluding hydrogens is 320 g/mol. The maximum Gasteiger partial charge on any atom is 0.229 e. The van der Waals surface area contributed by atoms with Crippen LogP contribution in [0.15, 0.2) is 24.3 Å². The van der Waals surface area contributed by atoms with Crippen LogP contribution < -0.4 is 10.1 Å². The highest BCUT2D eigenvalue weighted by molar-refractivity contribution is 6.02. The van der Waals surface area contributed by atoms with Gasteiger partial charge in [0.05, 0.1) is 6.10 Å². The zero-order chi connectivity index (χ0) is 17.6. The molecule has 0 radical (unpaired) electrons. The van der Waals surface area contributed by atoms with Gasteiger partial charge in [-0.2, -0.15) is 0 Å². The fourth-order valence-electron chi connectivity index (χ4n) is 3.30. The molecule has 134 valence electrons. The van der Waals surface area contributed by atoms with E-state index in [0.717, 1.165) is 24.2 Å². The predicted octanol–water partition coefficient (Wildman–Crippen LogP) is 2.16. The minimum atomic E-state index is -0.186. The first-order chi connectivity index (χ1) is 12.1. The van der Waals surface area contributed by atoms with Crippen LogP contribution in [0.2, 0.25) is 0 Å². The Morgan fingerprint density at radius 3 is 2.60 bits per heavy atom. The lowest BCUT2D eigenvalue weighted by atomic mass is 10.2. The highest BCUT2D eigenvalue weighted by atomic mass is 16.5. The Balaban J connectivity index is 1.43. The predicted molar refractivity (Wildman–Crippen MR) is 91.7 cm³/mol. The van der Waals surface area contributed by atoms with Crippen LogP contribution >= 0.6 is 0 Å². The summed E-state index contributed by atoms with van der Waals surface area (Å²) in [5.74, 6) is 0.297. The first-order valence-electron chi connectivity index (χ1n) is 8.97. The Labute approximate surface area is 147 Å². The van der Waals surface area contributed by atoms with Gasteiger partial charge < -0.3 is 10.1 Å². The summed E-state index contributed by atoms with van der Waals surface area (Å²) in [5.41, 5.74) is 0.970. The summed E-state index contributed by atoms with van der Waals surface area (Å²) in [4.78, 5) is 36.2. The lowest BCUT2D eigenvalue weighted by Gasteiger charge is -2.15. The van der Waals surface area contributed by atoms with Crippen LogP contribution in [-0.4, -0.2) is 35.3 Å². The van der Waals surface area contributed by atoms with Crippen LogP contribution in [0.5, 0.6) is 5.75 Å². The Bertz CT molecular complexity index is 637. The standard InChI is InChI=1S/C19H24N2O4/c22-17(10-11-21-18(23)8-9-19(21)24)20-13-14-4-3-7-16(12-14)25-15-5-1-2-6-15/h3-4,7,12,15H,1-2,5-6,8-11,13H2,(H,20,22). The summed E-state index contributed by atoms with van der Waals surface area (Å²) < 4.78 is 5.97. The molecule has 1 heterocycles. The van der Waals surface area contributed by atoms with Crippen molar-refractivity contribution in [3.05, 3.63) is 29.8 Å². The molecule has 1 aliphatic carbocycles. The second-order valence-electron chi connectivity index (χ2n) is 6.64. The highest BCUT2D eigenvalue weighted by Crippen LogP contribution is 2.24. The molecule has 2 aliphatic rings. The summed E-state index contributed by atoms with van der Waals surface area (Å²) in [6.07, 6.45) is 5.62. The van der Waals surface area contributed by atoms with Gasteiger partial charge in [-0.05, 0) is 43.4 Å². The number of hydrogen-bond acceptors (Lipinski definition) is 4. The van der Waals surface area contributed by atoms with Crippen molar-refractivity contribution in [3.8, 4) is 5.75 Å². The third-order valence-electron chi connectivity index (χ3n) is 4.71. The van der Waals surface area contributed by atoms with E-state index in [1.807, 2.05) is 24.3 Å². The molecule has 1 N–H and O–H groups in total. The number of hydrogen-bond donors (Lipinski definition) is 1. The Kier molecular flexibility index (Phi) is 5.68. The molecule has 1 saturated carbocycles. The fourth-order valence-corrected chi connectivity index (χ4v) is 3.30. The van der Waals surface area contributed by atoms with E-state index in [1.54, 1.807) is 0 Å². The molecule has 25 heavy (non-hydrogen) atoms. The molecule has 0 aromatic heterocycles. The minimum Gasteiger partial charge on any atom is -0.490 e. The first kappa shape index (κ1) is 17.5. The van der Waals surface area contributed by atoms with Crippen LogP contribution in [0.3, 0.4) is 0 Å². The number of ether oxygens (including phenoxy) is 1. The number of nitrogens with zero attached hydrogens (tertiary/aromatic N) is 1. The number of nitrogens with one attached hydrogen (secondary N) is 1. The van der Waals surface area contributed by atoms with E-state index in [1.165, 1.54) is 17.7 Å². The van der Waals surface area contributed by atoms with Crippen molar-refractivity contribution >= 4 is 17.7 Å². The molecular formula is C19H24N2O4. The van der Waals surface area contributed by atoms with Gasteiger partial charge in [0, 0.05) is 32.4 Å². The number of carbonyl (C=O) groups is 3. The molecule has 3 rings (SSSR count). The zero-order valence-corrected chi connectivity index (χ0v) is 14.3. The second-order valence-corrected chi connectivity index (χ2v) is 6.64. The lowest BCUT2D eigenvalue weighted by Crippen LogP contribution is -2.34. The Morgan fingerprint density at radius 2 is 1.88 bits per heavy atom. The van der Waals surface area contributed by atoms with E-state index >= 15 is 0 Å². The molecule has 0 unspecified atom stereocenters.